The molecule has 152 valence electrons. The second-order valence-electron chi connectivity index (χ2n) is 9.45. The van der Waals surface area contributed by atoms with Gasteiger partial charge in [-0.2, -0.15) is 0 Å². The molecule has 1 saturated carbocycles. The topological polar surface area (TPSA) is 70.2 Å². The second kappa shape index (κ2) is 7.92. The quantitative estimate of drug-likeness (QED) is 0.767. The van der Waals surface area contributed by atoms with E-state index in [-0.39, 0.29) is 17.6 Å². The normalized spacial score (nSPS) is 24.0. The van der Waals surface area contributed by atoms with Crippen molar-refractivity contribution in [1.82, 2.24) is 20.2 Å². The van der Waals surface area contributed by atoms with Crippen molar-refractivity contribution in [2.24, 2.45) is 11.8 Å². The average molecular weight is 377 g/mol. The SMILES string of the molecule is CC(C)C(C)CN1CC(CC(=O)NC(C)(C)c2ncc[nH]2)OCC12CCC2. The molecule has 3 rings (SSSR count). The lowest BCUT2D eigenvalue weighted by atomic mass is 9.74. The van der Waals surface area contributed by atoms with E-state index in [1.807, 2.05) is 13.8 Å². The van der Waals surface area contributed by atoms with Gasteiger partial charge in [0.05, 0.1) is 24.7 Å². The molecular weight excluding hydrogens is 340 g/mol. The molecule has 2 fully saturated rings. The van der Waals surface area contributed by atoms with Gasteiger partial charge in [0.1, 0.15) is 5.82 Å². The van der Waals surface area contributed by atoms with Gasteiger partial charge in [0.25, 0.3) is 0 Å². The minimum atomic E-state index is -0.518. The molecule has 1 saturated heterocycles. The summed E-state index contributed by atoms with van der Waals surface area (Å²) in [4.78, 5) is 22.6. The molecular formula is C21H36N4O2. The molecule has 6 heteroatoms. The molecule has 2 heterocycles. The van der Waals surface area contributed by atoms with E-state index in [1.54, 1.807) is 12.4 Å². The number of carbonyl (C=O) groups excluding carboxylic acids is 1. The van der Waals surface area contributed by atoms with Crippen molar-refractivity contribution in [3.05, 3.63) is 18.2 Å². The van der Waals surface area contributed by atoms with Gasteiger partial charge in [0.15, 0.2) is 0 Å². The van der Waals surface area contributed by atoms with Crippen LogP contribution in [0.15, 0.2) is 12.4 Å². The number of ether oxygens (including phenoxy) is 1. The fraction of sp³-hybridized carbons (Fsp3) is 0.810. The van der Waals surface area contributed by atoms with E-state index in [4.69, 9.17) is 4.74 Å². The average Bonchev–Trinajstić information content (AvgIpc) is 3.08. The number of aromatic amines is 1. The first-order valence-electron chi connectivity index (χ1n) is 10.4. The molecule has 1 aliphatic carbocycles. The molecule has 2 aliphatic rings. The third kappa shape index (κ3) is 4.54. The zero-order valence-electron chi connectivity index (χ0n) is 17.5. The van der Waals surface area contributed by atoms with Crippen LogP contribution in [0.25, 0.3) is 0 Å². The predicted molar refractivity (Wildman–Crippen MR) is 106 cm³/mol. The third-order valence-corrected chi connectivity index (χ3v) is 6.57. The maximum absolute atomic E-state index is 12.7. The van der Waals surface area contributed by atoms with Crippen LogP contribution >= 0.6 is 0 Å². The van der Waals surface area contributed by atoms with Crippen molar-refractivity contribution >= 4 is 5.91 Å². The van der Waals surface area contributed by atoms with Crippen LogP contribution in [-0.4, -0.2) is 52.1 Å². The number of nitrogens with zero attached hydrogens (tertiary/aromatic N) is 2. The van der Waals surface area contributed by atoms with E-state index in [1.165, 1.54) is 19.3 Å². The van der Waals surface area contributed by atoms with Crippen molar-refractivity contribution in [1.29, 1.82) is 0 Å². The Hall–Kier alpha value is -1.40. The van der Waals surface area contributed by atoms with Gasteiger partial charge >= 0.3 is 0 Å². The number of amides is 1. The summed E-state index contributed by atoms with van der Waals surface area (Å²) in [5.41, 5.74) is -0.292. The lowest BCUT2D eigenvalue weighted by Crippen LogP contribution is -2.64. The zero-order valence-corrected chi connectivity index (χ0v) is 17.5. The molecule has 2 atom stereocenters. The van der Waals surface area contributed by atoms with Crippen LogP contribution < -0.4 is 5.32 Å². The van der Waals surface area contributed by atoms with E-state index in [9.17, 15) is 4.79 Å². The number of H-pyrrole nitrogens is 1. The molecule has 1 amide bonds. The van der Waals surface area contributed by atoms with Gasteiger partial charge in [-0.25, -0.2) is 4.98 Å². The Morgan fingerprint density at radius 1 is 1.44 bits per heavy atom. The number of aromatic nitrogens is 2. The van der Waals surface area contributed by atoms with Crippen LogP contribution in [0.3, 0.4) is 0 Å². The van der Waals surface area contributed by atoms with Crippen LogP contribution in [0, 0.1) is 11.8 Å². The number of imidazole rings is 1. The fourth-order valence-electron chi connectivity index (χ4n) is 4.12. The fourth-order valence-corrected chi connectivity index (χ4v) is 4.12. The first kappa shape index (κ1) is 20.3. The first-order valence-corrected chi connectivity index (χ1v) is 10.4. The maximum atomic E-state index is 12.7. The molecule has 2 unspecified atom stereocenters. The van der Waals surface area contributed by atoms with Crippen molar-refractivity contribution in [3.8, 4) is 0 Å². The van der Waals surface area contributed by atoms with Gasteiger partial charge < -0.3 is 15.0 Å². The largest absolute Gasteiger partial charge is 0.374 e. The van der Waals surface area contributed by atoms with Gasteiger partial charge in [-0.1, -0.05) is 20.8 Å². The van der Waals surface area contributed by atoms with Gasteiger partial charge in [-0.3, -0.25) is 9.69 Å². The molecule has 0 bridgehead atoms. The number of rotatable bonds is 7. The Balaban J connectivity index is 1.58. The summed E-state index contributed by atoms with van der Waals surface area (Å²) in [5.74, 6) is 2.10. The summed E-state index contributed by atoms with van der Waals surface area (Å²) in [6, 6.07) is 0. The van der Waals surface area contributed by atoms with E-state index in [0.29, 0.717) is 18.3 Å². The van der Waals surface area contributed by atoms with E-state index >= 15 is 0 Å². The van der Waals surface area contributed by atoms with Crippen molar-refractivity contribution < 1.29 is 9.53 Å². The van der Waals surface area contributed by atoms with E-state index in [2.05, 4.69) is 41.0 Å². The molecule has 1 spiro atoms. The Kier molecular flexibility index (Phi) is 5.96. The molecule has 6 nitrogen and oxygen atoms in total. The van der Waals surface area contributed by atoms with Crippen LogP contribution in [0.2, 0.25) is 0 Å². The molecule has 1 aromatic rings. The Bertz CT molecular complexity index is 622. The third-order valence-electron chi connectivity index (χ3n) is 6.57. The zero-order chi connectivity index (χ0) is 19.7. The standard InChI is InChI=1S/C21H36N4O2/c1-15(2)16(3)12-25-13-17(27-14-21(25)7-6-8-21)11-18(26)24-20(4,5)19-22-9-10-23-19/h9-10,15-17H,6-8,11-14H2,1-5H3,(H,22,23)(H,24,26). The summed E-state index contributed by atoms with van der Waals surface area (Å²) < 4.78 is 6.16. The van der Waals surface area contributed by atoms with Gasteiger partial charge in [-0.15, -0.1) is 0 Å². The minimum Gasteiger partial charge on any atom is -0.374 e. The highest BCUT2D eigenvalue weighted by Crippen LogP contribution is 2.41. The Morgan fingerprint density at radius 2 is 2.19 bits per heavy atom. The van der Waals surface area contributed by atoms with E-state index in [0.717, 1.165) is 25.5 Å². The predicted octanol–water partition coefficient (Wildman–Crippen LogP) is 3.07. The molecule has 0 radical (unpaired) electrons. The number of hydrogen-bond donors (Lipinski definition) is 2. The van der Waals surface area contributed by atoms with Crippen LogP contribution in [0.5, 0.6) is 0 Å². The summed E-state index contributed by atoms with van der Waals surface area (Å²) in [5, 5.41) is 3.10. The van der Waals surface area contributed by atoms with Gasteiger partial charge in [-0.05, 0) is 44.9 Å². The first-order chi connectivity index (χ1) is 12.7. The number of carbonyl (C=O) groups is 1. The lowest BCUT2D eigenvalue weighted by Gasteiger charge is -2.55. The van der Waals surface area contributed by atoms with Crippen LogP contribution in [0.1, 0.15) is 66.1 Å². The van der Waals surface area contributed by atoms with Crippen LogP contribution in [0.4, 0.5) is 0 Å². The summed E-state index contributed by atoms with van der Waals surface area (Å²) >= 11 is 0. The van der Waals surface area contributed by atoms with Crippen LogP contribution in [-0.2, 0) is 15.1 Å². The van der Waals surface area contributed by atoms with Crippen molar-refractivity contribution in [2.45, 2.75) is 77.5 Å². The molecule has 1 aliphatic heterocycles. The Labute approximate surface area is 163 Å². The number of nitrogens with one attached hydrogen (secondary N) is 2. The lowest BCUT2D eigenvalue weighted by molar-refractivity contribution is -0.155. The second-order valence-corrected chi connectivity index (χ2v) is 9.45. The molecule has 27 heavy (non-hydrogen) atoms. The van der Waals surface area contributed by atoms with Gasteiger partial charge in [0, 0.05) is 31.0 Å². The highest BCUT2D eigenvalue weighted by atomic mass is 16.5. The highest BCUT2D eigenvalue weighted by Gasteiger charge is 2.47. The maximum Gasteiger partial charge on any atom is 0.223 e. The monoisotopic (exact) mass is 376 g/mol. The van der Waals surface area contributed by atoms with E-state index < -0.39 is 5.54 Å². The van der Waals surface area contributed by atoms with Crippen molar-refractivity contribution in [3.63, 3.8) is 0 Å². The minimum absolute atomic E-state index is 0.0165. The summed E-state index contributed by atoms with van der Waals surface area (Å²) in [6.07, 6.45) is 7.58. The van der Waals surface area contributed by atoms with Crippen molar-refractivity contribution in [2.75, 3.05) is 19.7 Å². The highest BCUT2D eigenvalue weighted by molar-refractivity contribution is 5.77. The van der Waals surface area contributed by atoms with Gasteiger partial charge in [0.2, 0.25) is 5.91 Å². The molecule has 2 N–H and O–H groups in total. The molecule has 1 aromatic heterocycles. The Morgan fingerprint density at radius 3 is 2.74 bits per heavy atom. The number of hydrogen-bond acceptors (Lipinski definition) is 4. The smallest absolute Gasteiger partial charge is 0.223 e. The summed E-state index contributed by atoms with van der Waals surface area (Å²) in [7, 11) is 0. The molecule has 0 aromatic carbocycles. The summed E-state index contributed by atoms with van der Waals surface area (Å²) in [6.45, 7) is 13.6. The number of morpholine rings is 1.